The molecular formula is C25H28N6O5. The van der Waals surface area contributed by atoms with Crippen molar-refractivity contribution in [2.75, 3.05) is 23.9 Å². The lowest BCUT2D eigenvalue weighted by Crippen LogP contribution is -2.41. The number of nitrogens with zero attached hydrogens (tertiary/aromatic N) is 5. The number of rotatable bonds is 7. The first-order chi connectivity index (χ1) is 17.4. The highest BCUT2D eigenvalue weighted by Crippen LogP contribution is 2.43. The van der Waals surface area contributed by atoms with Crippen molar-refractivity contribution in [2.45, 2.75) is 51.6 Å². The number of hydrogen-bond donors (Lipinski definition) is 2. The average Bonchev–Trinajstić information content (AvgIpc) is 3.55. The van der Waals surface area contributed by atoms with Gasteiger partial charge in [-0.15, -0.1) is 0 Å². The van der Waals surface area contributed by atoms with Crippen LogP contribution in [0.2, 0.25) is 0 Å². The number of anilines is 3. The number of benzene rings is 1. The summed E-state index contributed by atoms with van der Waals surface area (Å²) in [5.41, 5.74) is 2.48. The van der Waals surface area contributed by atoms with Gasteiger partial charge >= 0.3 is 11.9 Å². The van der Waals surface area contributed by atoms with Crippen LogP contribution in [0, 0.1) is 0 Å². The van der Waals surface area contributed by atoms with Crippen molar-refractivity contribution in [1.29, 1.82) is 0 Å². The number of aromatic carboxylic acids is 1. The van der Waals surface area contributed by atoms with E-state index < -0.39 is 11.9 Å². The summed E-state index contributed by atoms with van der Waals surface area (Å²) >= 11 is 0. The third-order valence-corrected chi connectivity index (χ3v) is 6.75. The Morgan fingerprint density at radius 2 is 2.00 bits per heavy atom. The van der Waals surface area contributed by atoms with Gasteiger partial charge < -0.3 is 24.8 Å². The standard InChI is InChI=1S/C25H28N6O5/c1-4-36-24(34)20-21-14(2)31(16-7-5-6-8-16)22-18(30(21)13-27-20)12-26-25(29-22)28-17-10-9-15(23(32)33)11-19(17)35-3/h9-14,16H,4-8H2,1-3H3,(H,32,33)(H,26,28,29)/t14-/m1/s1. The zero-order valence-electron chi connectivity index (χ0n) is 20.4. The van der Waals surface area contributed by atoms with Crippen molar-refractivity contribution in [1.82, 2.24) is 19.5 Å². The molecule has 36 heavy (non-hydrogen) atoms. The van der Waals surface area contributed by atoms with Gasteiger partial charge in [0.2, 0.25) is 5.95 Å². The number of nitrogens with one attached hydrogen (secondary N) is 1. The Morgan fingerprint density at radius 3 is 2.69 bits per heavy atom. The van der Waals surface area contributed by atoms with Crippen LogP contribution in [0.25, 0.3) is 5.69 Å². The minimum Gasteiger partial charge on any atom is -0.495 e. The highest BCUT2D eigenvalue weighted by atomic mass is 16.5. The molecule has 2 N–H and O–H groups in total. The minimum atomic E-state index is -1.04. The lowest BCUT2D eigenvalue weighted by atomic mass is 10.0. The number of methoxy groups -OCH3 is 1. The van der Waals surface area contributed by atoms with E-state index in [1.165, 1.54) is 19.2 Å². The van der Waals surface area contributed by atoms with Gasteiger partial charge in [0.15, 0.2) is 11.5 Å². The molecule has 0 radical (unpaired) electrons. The summed E-state index contributed by atoms with van der Waals surface area (Å²) in [6.07, 6.45) is 7.66. The van der Waals surface area contributed by atoms with Crippen LogP contribution < -0.4 is 15.0 Å². The highest BCUT2D eigenvalue weighted by molar-refractivity contribution is 5.90. The van der Waals surface area contributed by atoms with E-state index in [0.717, 1.165) is 42.9 Å². The SMILES string of the molecule is CCOC(=O)c1ncn2c1[C@@H](C)N(C1CCCC1)c1nc(Nc3ccc(C(=O)O)cc3OC)ncc1-2. The second kappa shape index (κ2) is 9.48. The summed E-state index contributed by atoms with van der Waals surface area (Å²) in [5.74, 6) is -0.0190. The van der Waals surface area contributed by atoms with E-state index in [0.29, 0.717) is 23.1 Å². The fourth-order valence-electron chi connectivity index (χ4n) is 5.13. The molecule has 1 aromatic carbocycles. The molecule has 2 aliphatic rings. The molecule has 1 atom stereocenters. The van der Waals surface area contributed by atoms with Crippen LogP contribution in [0.5, 0.6) is 5.75 Å². The third-order valence-electron chi connectivity index (χ3n) is 6.75. The first kappa shape index (κ1) is 23.6. The molecule has 0 spiro atoms. The Hall–Kier alpha value is -4.15. The molecule has 3 aromatic rings. The molecule has 2 aromatic heterocycles. The van der Waals surface area contributed by atoms with Gasteiger partial charge in [-0.1, -0.05) is 12.8 Å². The number of imidazole rings is 1. The summed E-state index contributed by atoms with van der Waals surface area (Å²) in [6, 6.07) is 4.68. The van der Waals surface area contributed by atoms with Crippen molar-refractivity contribution in [3.63, 3.8) is 0 Å². The van der Waals surface area contributed by atoms with Crippen LogP contribution in [-0.2, 0) is 4.74 Å². The van der Waals surface area contributed by atoms with Gasteiger partial charge in [0, 0.05) is 6.04 Å². The van der Waals surface area contributed by atoms with E-state index in [2.05, 4.69) is 27.1 Å². The minimum absolute atomic E-state index is 0.120. The number of hydrogen-bond acceptors (Lipinski definition) is 9. The van der Waals surface area contributed by atoms with E-state index in [9.17, 15) is 14.7 Å². The van der Waals surface area contributed by atoms with Crippen molar-refractivity contribution in [3.05, 3.63) is 47.7 Å². The van der Waals surface area contributed by atoms with Crippen LogP contribution in [0.1, 0.15) is 72.1 Å². The highest BCUT2D eigenvalue weighted by Gasteiger charge is 2.39. The third kappa shape index (κ3) is 4.00. The van der Waals surface area contributed by atoms with E-state index >= 15 is 0 Å². The topological polar surface area (TPSA) is 132 Å². The Labute approximate surface area is 208 Å². The Morgan fingerprint density at radius 1 is 1.22 bits per heavy atom. The predicted octanol–water partition coefficient (Wildman–Crippen LogP) is 4.11. The maximum atomic E-state index is 12.6. The smallest absolute Gasteiger partial charge is 0.358 e. The Bertz CT molecular complexity index is 1320. The number of fused-ring (bicyclic) bond motifs is 3. The molecule has 11 nitrogen and oxygen atoms in total. The number of carboxylic acids is 1. The number of esters is 1. The van der Waals surface area contributed by atoms with Gasteiger partial charge in [-0.25, -0.2) is 19.6 Å². The largest absolute Gasteiger partial charge is 0.495 e. The monoisotopic (exact) mass is 492 g/mol. The van der Waals surface area contributed by atoms with E-state index in [-0.39, 0.29) is 24.3 Å². The average molecular weight is 493 g/mol. The molecule has 1 aliphatic heterocycles. The number of carbonyl (C=O) groups is 2. The van der Waals surface area contributed by atoms with Gasteiger partial charge in [-0.05, 0) is 44.9 Å². The predicted molar refractivity (Wildman–Crippen MR) is 131 cm³/mol. The molecule has 0 amide bonds. The van der Waals surface area contributed by atoms with Gasteiger partial charge in [0.25, 0.3) is 0 Å². The maximum Gasteiger partial charge on any atom is 0.358 e. The second-order valence-corrected chi connectivity index (χ2v) is 8.84. The first-order valence-electron chi connectivity index (χ1n) is 12.0. The van der Waals surface area contributed by atoms with Crippen molar-refractivity contribution < 1.29 is 24.2 Å². The van der Waals surface area contributed by atoms with E-state index in [1.54, 1.807) is 25.5 Å². The van der Waals surface area contributed by atoms with Crippen molar-refractivity contribution in [2.24, 2.45) is 0 Å². The quantitative estimate of drug-likeness (QED) is 0.464. The fraction of sp³-hybridized carbons (Fsp3) is 0.400. The van der Waals surface area contributed by atoms with Gasteiger partial charge in [-0.3, -0.25) is 4.57 Å². The summed E-state index contributed by atoms with van der Waals surface area (Å²) in [7, 11) is 1.48. The molecule has 0 saturated heterocycles. The van der Waals surface area contributed by atoms with E-state index in [4.69, 9.17) is 14.5 Å². The molecule has 1 aliphatic carbocycles. The second-order valence-electron chi connectivity index (χ2n) is 8.84. The summed E-state index contributed by atoms with van der Waals surface area (Å²) in [5, 5.41) is 12.4. The molecule has 11 heteroatoms. The Kier molecular flexibility index (Phi) is 6.21. The lowest BCUT2D eigenvalue weighted by Gasteiger charge is -2.40. The molecule has 1 saturated carbocycles. The van der Waals surface area contributed by atoms with Gasteiger partial charge in [0.05, 0.1) is 42.9 Å². The molecule has 188 valence electrons. The molecule has 1 fully saturated rings. The molecule has 0 bridgehead atoms. The maximum absolute atomic E-state index is 12.6. The van der Waals surface area contributed by atoms with Crippen LogP contribution in [0.4, 0.5) is 17.5 Å². The molecular weight excluding hydrogens is 464 g/mol. The number of carbonyl (C=O) groups excluding carboxylic acids is 1. The normalized spacial score (nSPS) is 16.9. The zero-order valence-corrected chi connectivity index (χ0v) is 20.4. The summed E-state index contributed by atoms with van der Waals surface area (Å²) in [6.45, 7) is 4.11. The molecule has 5 rings (SSSR count). The summed E-state index contributed by atoms with van der Waals surface area (Å²) in [4.78, 5) is 40.0. The van der Waals surface area contributed by atoms with Crippen LogP contribution in [-0.4, -0.2) is 56.3 Å². The van der Waals surface area contributed by atoms with Gasteiger partial charge in [-0.2, -0.15) is 4.98 Å². The zero-order chi connectivity index (χ0) is 25.4. The fourth-order valence-corrected chi connectivity index (χ4v) is 5.13. The summed E-state index contributed by atoms with van der Waals surface area (Å²) < 4.78 is 12.5. The van der Waals surface area contributed by atoms with Crippen LogP contribution >= 0.6 is 0 Å². The van der Waals surface area contributed by atoms with Crippen LogP contribution in [0.3, 0.4) is 0 Å². The number of aromatic nitrogens is 4. The Balaban J connectivity index is 1.57. The van der Waals surface area contributed by atoms with Crippen molar-refractivity contribution in [3.8, 4) is 11.4 Å². The van der Waals surface area contributed by atoms with Gasteiger partial charge in [0.1, 0.15) is 17.8 Å². The van der Waals surface area contributed by atoms with E-state index in [1.807, 2.05) is 4.57 Å². The molecule has 3 heterocycles. The number of carboxylic acid groups (broad SMARTS) is 1. The molecule has 0 unspecified atom stereocenters. The van der Waals surface area contributed by atoms with Crippen LogP contribution in [0.15, 0.2) is 30.7 Å². The first-order valence-corrected chi connectivity index (χ1v) is 12.0. The van der Waals surface area contributed by atoms with Crippen molar-refractivity contribution >= 4 is 29.4 Å². The lowest BCUT2D eigenvalue weighted by molar-refractivity contribution is 0.0517. The number of ether oxygens (including phenoxy) is 2.